The van der Waals surface area contributed by atoms with Crippen LogP contribution in [0.1, 0.15) is 23.3 Å². The zero-order valence-corrected chi connectivity index (χ0v) is 11.0. The average molecular weight is 265 g/mol. The van der Waals surface area contributed by atoms with Gasteiger partial charge < -0.3 is 20.5 Å². The van der Waals surface area contributed by atoms with Crippen LogP contribution < -0.4 is 11.1 Å². The van der Waals surface area contributed by atoms with Gasteiger partial charge in [-0.05, 0) is 19.4 Å². The van der Waals surface area contributed by atoms with Crippen LogP contribution in [0.4, 0.5) is 0 Å². The smallest absolute Gasteiger partial charge is 0.274 e. The molecular formula is C12H19N5O2. The van der Waals surface area contributed by atoms with E-state index in [0.717, 1.165) is 19.4 Å². The predicted molar refractivity (Wildman–Crippen MR) is 69.3 cm³/mol. The Bertz CT molecular complexity index is 464. The van der Waals surface area contributed by atoms with Gasteiger partial charge in [0, 0.05) is 25.8 Å². The highest BCUT2D eigenvalue weighted by atomic mass is 16.2. The Morgan fingerprint density at radius 3 is 2.95 bits per heavy atom. The SMILES string of the molecule is Cn1cnc(C(=O)N(CC(N)=O)C2CCCNC2)c1. The zero-order valence-electron chi connectivity index (χ0n) is 11.0. The fourth-order valence-electron chi connectivity index (χ4n) is 2.30. The number of aromatic nitrogens is 2. The van der Waals surface area contributed by atoms with Gasteiger partial charge in [0.15, 0.2) is 0 Å². The van der Waals surface area contributed by atoms with Crippen molar-refractivity contribution in [2.24, 2.45) is 12.8 Å². The van der Waals surface area contributed by atoms with Crippen molar-refractivity contribution in [2.75, 3.05) is 19.6 Å². The predicted octanol–water partition coefficient (Wildman–Crippen LogP) is -0.900. The number of hydrogen-bond acceptors (Lipinski definition) is 4. The van der Waals surface area contributed by atoms with Crippen molar-refractivity contribution in [3.8, 4) is 0 Å². The first kappa shape index (κ1) is 13.5. The van der Waals surface area contributed by atoms with Crippen LogP contribution in [0.5, 0.6) is 0 Å². The van der Waals surface area contributed by atoms with Crippen molar-refractivity contribution in [1.29, 1.82) is 0 Å². The summed E-state index contributed by atoms with van der Waals surface area (Å²) in [5, 5.41) is 3.23. The van der Waals surface area contributed by atoms with Crippen molar-refractivity contribution in [3.63, 3.8) is 0 Å². The molecule has 0 spiro atoms. The molecular weight excluding hydrogens is 246 g/mol. The molecule has 1 atom stereocenters. The molecule has 2 amide bonds. The van der Waals surface area contributed by atoms with E-state index >= 15 is 0 Å². The fourth-order valence-corrected chi connectivity index (χ4v) is 2.30. The lowest BCUT2D eigenvalue weighted by molar-refractivity contribution is -0.119. The van der Waals surface area contributed by atoms with E-state index in [2.05, 4.69) is 10.3 Å². The van der Waals surface area contributed by atoms with Gasteiger partial charge in [0.2, 0.25) is 5.91 Å². The number of carbonyl (C=O) groups is 2. The third-order valence-electron chi connectivity index (χ3n) is 3.22. The van der Waals surface area contributed by atoms with E-state index in [-0.39, 0.29) is 18.5 Å². The first-order valence-corrected chi connectivity index (χ1v) is 6.36. The summed E-state index contributed by atoms with van der Waals surface area (Å²) in [5.74, 6) is -0.747. The van der Waals surface area contributed by atoms with Crippen molar-refractivity contribution in [3.05, 3.63) is 18.2 Å². The summed E-state index contributed by atoms with van der Waals surface area (Å²) >= 11 is 0. The Morgan fingerprint density at radius 1 is 1.63 bits per heavy atom. The van der Waals surface area contributed by atoms with Crippen LogP contribution in [0.3, 0.4) is 0 Å². The molecule has 0 aliphatic carbocycles. The number of carbonyl (C=O) groups excluding carboxylic acids is 2. The third-order valence-corrected chi connectivity index (χ3v) is 3.22. The van der Waals surface area contributed by atoms with Crippen LogP contribution in [-0.2, 0) is 11.8 Å². The molecule has 0 saturated carbocycles. The number of amides is 2. The molecule has 7 heteroatoms. The molecule has 2 heterocycles. The average Bonchev–Trinajstić information content (AvgIpc) is 2.83. The largest absolute Gasteiger partial charge is 0.368 e. The number of primary amides is 1. The van der Waals surface area contributed by atoms with Gasteiger partial charge >= 0.3 is 0 Å². The second kappa shape index (κ2) is 5.83. The van der Waals surface area contributed by atoms with E-state index in [1.807, 2.05) is 0 Å². The lowest BCUT2D eigenvalue weighted by atomic mass is 10.1. The van der Waals surface area contributed by atoms with E-state index in [0.29, 0.717) is 12.2 Å². The summed E-state index contributed by atoms with van der Waals surface area (Å²) in [5.41, 5.74) is 5.58. The van der Waals surface area contributed by atoms with E-state index < -0.39 is 5.91 Å². The summed E-state index contributed by atoms with van der Waals surface area (Å²) in [6.07, 6.45) is 5.07. The molecule has 2 rings (SSSR count). The Balaban J connectivity index is 2.16. The van der Waals surface area contributed by atoms with E-state index in [1.165, 1.54) is 4.90 Å². The second-order valence-corrected chi connectivity index (χ2v) is 4.82. The summed E-state index contributed by atoms with van der Waals surface area (Å²) in [6.45, 7) is 1.56. The van der Waals surface area contributed by atoms with Crippen LogP contribution in [0, 0.1) is 0 Å². The molecule has 1 saturated heterocycles. The number of nitrogens with one attached hydrogen (secondary N) is 1. The van der Waals surface area contributed by atoms with Crippen LogP contribution in [0.2, 0.25) is 0 Å². The quantitative estimate of drug-likeness (QED) is 0.738. The van der Waals surface area contributed by atoms with Gasteiger partial charge in [-0.15, -0.1) is 0 Å². The maximum atomic E-state index is 12.4. The molecule has 1 aromatic heterocycles. The number of aryl methyl sites for hydroxylation is 1. The fraction of sp³-hybridized carbons (Fsp3) is 0.583. The van der Waals surface area contributed by atoms with Gasteiger partial charge in [-0.3, -0.25) is 9.59 Å². The van der Waals surface area contributed by atoms with Crippen LogP contribution in [-0.4, -0.2) is 51.9 Å². The van der Waals surface area contributed by atoms with Crippen molar-refractivity contribution in [2.45, 2.75) is 18.9 Å². The monoisotopic (exact) mass is 265 g/mol. The molecule has 1 aliphatic rings. The van der Waals surface area contributed by atoms with Crippen molar-refractivity contribution < 1.29 is 9.59 Å². The molecule has 0 aromatic carbocycles. The maximum Gasteiger partial charge on any atom is 0.274 e. The van der Waals surface area contributed by atoms with Gasteiger partial charge in [0.05, 0.1) is 6.33 Å². The van der Waals surface area contributed by atoms with Crippen LogP contribution in [0.15, 0.2) is 12.5 Å². The number of hydrogen-bond donors (Lipinski definition) is 2. The Morgan fingerprint density at radius 2 is 2.42 bits per heavy atom. The lowest BCUT2D eigenvalue weighted by Gasteiger charge is -2.33. The Hall–Kier alpha value is -1.89. The Labute approximate surface area is 111 Å². The highest BCUT2D eigenvalue weighted by Crippen LogP contribution is 2.13. The third kappa shape index (κ3) is 3.31. The molecule has 1 aromatic rings. The summed E-state index contributed by atoms with van der Waals surface area (Å²) < 4.78 is 1.70. The second-order valence-electron chi connectivity index (χ2n) is 4.82. The maximum absolute atomic E-state index is 12.4. The molecule has 7 nitrogen and oxygen atoms in total. The highest BCUT2D eigenvalue weighted by Gasteiger charge is 2.28. The molecule has 19 heavy (non-hydrogen) atoms. The lowest BCUT2D eigenvalue weighted by Crippen LogP contribution is -2.51. The number of rotatable bonds is 4. The van der Waals surface area contributed by atoms with Gasteiger partial charge in [-0.25, -0.2) is 4.98 Å². The molecule has 104 valence electrons. The van der Waals surface area contributed by atoms with Gasteiger partial charge in [0.25, 0.3) is 5.91 Å². The number of imidazole rings is 1. The first-order chi connectivity index (χ1) is 9.08. The van der Waals surface area contributed by atoms with Crippen LogP contribution >= 0.6 is 0 Å². The van der Waals surface area contributed by atoms with E-state index in [1.54, 1.807) is 24.1 Å². The van der Waals surface area contributed by atoms with Crippen molar-refractivity contribution >= 4 is 11.8 Å². The van der Waals surface area contributed by atoms with Gasteiger partial charge in [-0.2, -0.15) is 0 Å². The Kier molecular flexibility index (Phi) is 4.16. The van der Waals surface area contributed by atoms with Gasteiger partial charge in [0.1, 0.15) is 12.2 Å². The molecule has 1 unspecified atom stereocenters. The van der Waals surface area contributed by atoms with E-state index in [4.69, 9.17) is 5.73 Å². The summed E-state index contributed by atoms with van der Waals surface area (Å²) in [6, 6.07) is -0.00393. The molecule has 0 radical (unpaired) electrons. The first-order valence-electron chi connectivity index (χ1n) is 6.36. The number of nitrogens with zero attached hydrogens (tertiary/aromatic N) is 3. The standard InChI is InChI=1S/C12H19N5O2/c1-16-6-10(15-8-16)12(19)17(7-11(13)18)9-3-2-4-14-5-9/h6,8-9,14H,2-5,7H2,1H3,(H2,13,18). The topological polar surface area (TPSA) is 93.2 Å². The molecule has 0 bridgehead atoms. The highest BCUT2D eigenvalue weighted by molar-refractivity contribution is 5.94. The normalized spacial score (nSPS) is 19.1. The minimum Gasteiger partial charge on any atom is -0.368 e. The minimum absolute atomic E-state index is 0.00393. The minimum atomic E-state index is -0.505. The van der Waals surface area contributed by atoms with Crippen molar-refractivity contribution in [1.82, 2.24) is 19.8 Å². The van der Waals surface area contributed by atoms with Crippen LogP contribution in [0.25, 0.3) is 0 Å². The number of piperidine rings is 1. The van der Waals surface area contributed by atoms with E-state index in [9.17, 15) is 9.59 Å². The number of nitrogens with two attached hydrogens (primary N) is 1. The summed E-state index contributed by atoms with van der Waals surface area (Å²) in [4.78, 5) is 29.1. The zero-order chi connectivity index (χ0) is 13.8. The molecule has 1 fully saturated rings. The summed E-state index contributed by atoms with van der Waals surface area (Å²) in [7, 11) is 1.80. The van der Waals surface area contributed by atoms with Gasteiger partial charge in [-0.1, -0.05) is 0 Å². The molecule has 3 N–H and O–H groups in total. The molecule has 1 aliphatic heterocycles.